The van der Waals surface area contributed by atoms with E-state index in [4.69, 9.17) is 0 Å². The smallest absolute Gasteiger partial charge is 0.241 e. The second-order valence-electron chi connectivity index (χ2n) is 7.70. The Hall–Kier alpha value is -2.18. The third kappa shape index (κ3) is 5.91. The first kappa shape index (κ1) is 22.1. The zero-order valence-corrected chi connectivity index (χ0v) is 18.0. The number of benzene rings is 2. The maximum Gasteiger partial charge on any atom is 0.241 e. The highest BCUT2D eigenvalue weighted by Gasteiger charge is 2.27. The Bertz CT molecular complexity index is 906. The maximum atomic E-state index is 12.9. The summed E-state index contributed by atoms with van der Waals surface area (Å²) in [6.45, 7) is 9.72. The molecular weight excluding hydrogens is 372 g/mol. The second-order valence-corrected chi connectivity index (χ2v) is 9.42. The van der Waals surface area contributed by atoms with Crippen LogP contribution in [0.5, 0.6) is 0 Å². The third-order valence-corrected chi connectivity index (χ3v) is 6.15. The lowest BCUT2D eigenvalue weighted by molar-refractivity contribution is -0.123. The normalized spacial score (nSPS) is 13.9. The van der Waals surface area contributed by atoms with Crippen LogP contribution in [0.25, 0.3) is 0 Å². The lowest BCUT2D eigenvalue weighted by Crippen LogP contribution is -2.47. The fourth-order valence-electron chi connectivity index (χ4n) is 3.12. The fourth-order valence-corrected chi connectivity index (χ4v) is 4.33. The molecule has 0 aliphatic rings. The first-order valence-corrected chi connectivity index (χ1v) is 11.0. The Balaban J connectivity index is 2.19. The molecule has 0 aliphatic heterocycles. The van der Waals surface area contributed by atoms with E-state index in [9.17, 15) is 13.2 Å². The minimum Gasteiger partial charge on any atom is -0.348 e. The van der Waals surface area contributed by atoms with Gasteiger partial charge in [-0.2, -0.15) is 4.72 Å². The molecule has 28 heavy (non-hydrogen) atoms. The van der Waals surface area contributed by atoms with Crippen LogP contribution in [-0.2, 0) is 14.8 Å². The molecule has 0 saturated heterocycles. The Kier molecular flexibility index (Phi) is 7.38. The van der Waals surface area contributed by atoms with E-state index in [2.05, 4.69) is 10.0 Å². The lowest BCUT2D eigenvalue weighted by Gasteiger charge is -2.23. The average molecular weight is 403 g/mol. The van der Waals surface area contributed by atoms with Gasteiger partial charge in [0.15, 0.2) is 0 Å². The van der Waals surface area contributed by atoms with E-state index in [1.807, 2.05) is 58.9 Å². The van der Waals surface area contributed by atoms with Gasteiger partial charge in [0.25, 0.3) is 0 Å². The predicted molar refractivity (Wildman–Crippen MR) is 112 cm³/mol. The SMILES string of the molecule is Cc1ccc(S(=O)(=O)NC(CC(C)C)C(=O)NC(C)c2ccccc2C)cc1. The average Bonchev–Trinajstić information content (AvgIpc) is 2.61. The molecule has 2 N–H and O–H groups in total. The van der Waals surface area contributed by atoms with Gasteiger partial charge in [0.05, 0.1) is 10.9 Å². The molecule has 0 fully saturated rings. The van der Waals surface area contributed by atoms with Gasteiger partial charge in [-0.3, -0.25) is 4.79 Å². The van der Waals surface area contributed by atoms with Crippen molar-refractivity contribution in [1.82, 2.24) is 10.0 Å². The monoisotopic (exact) mass is 402 g/mol. The highest BCUT2D eigenvalue weighted by Crippen LogP contribution is 2.18. The maximum absolute atomic E-state index is 12.9. The molecule has 6 heteroatoms. The number of carbonyl (C=O) groups excluding carboxylic acids is 1. The van der Waals surface area contributed by atoms with Crippen molar-refractivity contribution in [3.8, 4) is 0 Å². The molecule has 0 spiro atoms. The van der Waals surface area contributed by atoms with Crippen molar-refractivity contribution in [2.45, 2.75) is 58.0 Å². The van der Waals surface area contributed by atoms with Crippen LogP contribution in [0.2, 0.25) is 0 Å². The summed E-state index contributed by atoms with van der Waals surface area (Å²) in [5.74, 6) is -0.162. The highest BCUT2D eigenvalue weighted by molar-refractivity contribution is 7.89. The summed E-state index contributed by atoms with van der Waals surface area (Å²) < 4.78 is 28.1. The van der Waals surface area contributed by atoms with Gasteiger partial charge in [-0.15, -0.1) is 0 Å². The molecule has 2 aromatic rings. The summed E-state index contributed by atoms with van der Waals surface area (Å²) in [4.78, 5) is 13.1. The summed E-state index contributed by atoms with van der Waals surface area (Å²) in [7, 11) is -3.79. The Morgan fingerprint density at radius 1 is 0.964 bits per heavy atom. The summed E-state index contributed by atoms with van der Waals surface area (Å²) in [5.41, 5.74) is 3.07. The fraction of sp³-hybridized carbons (Fsp3) is 0.409. The number of sulfonamides is 1. The van der Waals surface area contributed by atoms with Gasteiger partial charge in [-0.25, -0.2) is 8.42 Å². The lowest BCUT2D eigenvalue weighted by atomic mass is 10.0. The molecule has 2 aromatic carbocycles. The first-order valence-electron chi connectivity index (χ1n) is 9.55. The summed E-state index contributed by atoms with van der Waals surface area (Å²) in [5, 5.41) is 2.96. The standard InChI is InChI=1S/C22H30N2O3S/c1-15(2)14-21(24-28(26,27)19-12-10-16(3)11-13-19)22(25)23-18(5)20-9-7-6-8-17(20)4/h6-13,15,18,21,24H,14H2,1-5H3,(H,23,25). The van der Waals surface area contributed by atoms with Crippen LogP contribution in [0, 0.1) is 19.8 Å². The third-order valence-electron chi connectivity index (χ3n) is 4.67. The van der Waals surface area contributed by atoms with Crippen molar-refractivity contribution < 1.29 is 13.2 Å². The number of amides is 1. The molecule has 0 saturated carbocycles. The minimum atomic E-state index is -3.79. The number of carbonyl (C=O) groups is 1. The molecule has 5 nitrogen and oxygen atoms in total. The van der Waals surface area contributed by atoms with Crippen LogP contribution >= 0.6 is 0 Å². The van der Waals surface area contributed by atoms with Crippen LogP contribution in [0.4, 0.5) is 0 Å². The van der Waals surface area contributed by atoms with E-state index in [1.165, 1.54) is 0 Å². The van der Waals surface area contributed by atoms with E-state index in [1.54, 1.807) is 24.3 Å². The molecule has 0 radical (unpaired) electrons. The van der Waals surface area contributed by atoms with Gasteiger partial charge in [0, 0.05) is 0 Å². The van der Waals surface area contributed by atoms with Crippen molar-refractivity contribution in [1.29, 1.82) is 0 Å². The molecule has 2 atom stereocenters. The van der Waals surface area contributed by atoms with Gasteiger partial charge >= 0.3 is 0 Å². The topological polar surface area (TPSA) is 75.3 Å². The highest BCUT2D eigenvalue weighted by atomic mass is 32.2. The second kappa shape index (κ2) is 9.34. The Morgan fingerprint density at radius 3 is 2.14 bits per heavy atom. The molecular formula is C22H30N2O3S. The van der Waals surface area contributed by atoms with Crippen molar-refractivity contribution in [3.63, 3.8) is 0 Å². The molecule has 2 rings (SSSR count). The Labute approximate surface area is 168 Å². The predicted octanol–water partition coefficient (Wildman–Crippen LogP) is 3.87. The summed E-state index contributed by atoms with van der Waals surface area (Å²) >= 11 is 0. The van der Waals surface area contributed by atoms with E-state index >= 15 is 0 Å². The van der Waals surface area contributed by atoms with Gasteiger partial charge < -0.3 is 5.32 Å². The molecule has 0 aliphatic carbocycles. The van der Waals surface area contributed by atoms with Crippen molar-refractivity contribution >= 4 is 15.9 Å². The van der Waals surface area contributed by atoms with Gasteiger partial charge in [0.2, 0.25) is 15.9 Å². The number of hydrogen-bond acceptors (Lipinski definition) is 3. The Morgan fingerprint density at radius 2 is 1.57 bits per heavy atom. The van der Waals surface area contributed by atoms with Crippen LogP contribution in [0.1, 0.15) is 49.9 Å². The van der Waals surface area contributed by atoms with E-state index in [0.717, 1.165) is 16.7 Å². The van der Waals surface area contributed by atoms with Crippen molar-refractivity contribution in [2.75, 3.05) is 0 Å². The van der Waals surface area contributed by atoms with E-state index < -0.39 is 16.1 Å². The van der Waals surface area contributed by atoms with Gasteiger partial charge in [-0.1, -0.05) is 55.8 Å². The van der Waals surface area contributed by atoms with Crippen molar-refractivity contribution in [2.24, 2.45) is 5.92 Å². The minimum absolute atomic E-state index is 0.158. The zero-order chi connectivity index (χ0) is 20.9. The number of hydrogen-bond donors (Lipinski definition) is 2. The summed E-state index contributed by atoms with van der Waals surface area (Å²) in [6.07, 6.45) is 0.414. The van der Waals surface area contributed by atoms with Crippen molar-refractivity contribution in [3.05, 3.63) is 65.2 Å². The van der Waals surface area contributed by atoms with Crippen LogP contribution in [-0.4, -0.2) is 20.4 Å². The molecule has 0 heterocycles. The largest absolute Gasteiger partial charge is 0.348 e. The zero-order valence-electron chi connectivity index (χ0n) is 17.2. The van der Waals surface area contributed by atoms with Crippen LogP contribution in [0.3, 0.4) is 0 Å². The van der Waals surface area contributed by atoms with Crippen LogP contribution < -0.4 is 10.0 Å². The first-order chi connectivity index (χ1) is 13.1. The number of rotatable bonds is 8. The van der Waals surface area contributed by atoms with E-state index in [0.29, 0.717) is 6.42 Å². The van der Waals surface area contributed by atoms with Crippen LogP contribution in [0.15, 0.2) is 53.4 Å². The molecule has 152 valence electrons. The summed E-state index contributed by atoms with van der Waals surface area (Å²) in [6, 6.07) is 13.4. The van der Waals surface area contributed by atoms with Gasteiger partial charge in [-0.05, 0) is 56.4 Å². The van der Waals surface area contributed by atoms with Gasteiger partial charge in [0.1, 0.15) is 6.04 Å². The molecule has 1 amide bonds. The number of aryl methyl sites for hydroxylation is 2. The molecule has 0 bridgehead atoms. The molecule has 0 aromatic heterocycles. The quantitative estimate of drug-likeness (QED) is 0.704. The molecule has 2 unspecified atom stereocenters. The van der Waals surface area contributed by atoms with E-state index in [-0.39, 0.29) is 22.8 Å². The number of nitrogens with one attached hydrogen (secondary N) is 2.